The Morgan fingerprint density at radius 1 is 1.27 bits per heavy atom. The van der Waals surface area contributed by atoms with E-state index in [1.807, 2.05) is 0 Å². The Hall–Kier alpha value is -1.79. The zero-order valence-electron chi connectivity index (χ0n) is 12.0. The van der Waals surface area contributed by atoms with Crippen molar-refractivity contribution in [3.63, 3.8) is 0 Å². The maximum Gasteiger partial charge on any atom is 0.307 e. The first kappa shape index (κ1) is 16.6. The van der Waals surface area contributed by atoms with Gasteiger partial charge >= 0.3 is 12.3 Å². The number of carbonyl (C=O) groups excluding carboxylic acids is 1. The number of fused-ring (bicyclic) bond motifs is 1. The number of hydrogen-bond acceptors (Lipinski definition) is 3. The second-order valence-electron chi connectivity index (χ2n) is 5.32. The van der Waals surface area contributed by atoms with Gasteiger partial charge in [-0.2, -0.15) is 0 Å². The van der Waals surface area contributed by atoms with E-state index in [0.717, 1.165) is 5.56 Å². The largest absolute Gasteiger partial charge is 0.454 e. The lowest BCUT2D eigenvalue weighted by molar-refractivity contribution is -0.141. The van der Waals surface area contributed by atoms with Crippen LogP contribution < -0.4 is 9.47 Å². The summed E-state index contributed by atoms with van der Waals surface area (Å²) in [6, 6.07) is 5.19. The average molecular weight is 320 g/mol. The molecule has 1 aliphatic rings. The average Bonchev–Trinajstić information content (AvgIpc) is 2.92. The third-order valence-electron chi connectivity index (χ3n) is 3.55. The Morgan fingerprint density at radius 2 is 1.95 bits per heavy atom. The van der Waals surface area contributed by atoms with E-state index in [9.17, 15) is 22.4 Å². The Morgan fingerprint density at radius 3 is 2.64 bits per heavy atom. The lowest BCUT2D eigenvalue weighted by Crippen LogP contribution is -2.28. The molecule has 2 rings (SSSR count). The van der Waals surface area contributed by atoms with Gasteiger partial charge in [-0.25, -0.2) is 17.6 Å². The number of ketones is 1. The van der Waals surface area contributed by atoms with E-state index in [2.05, 4.69) is 0 Å². The van der Waals surface area contributed by atoms with Gasteiger partial charge in [-0.1, -0.05) is 13.0 Å². The molecule has 0 amide bonds. The molecular formula is C15H16F4O3. The number of halogens is 4. The van der Waals surface area contributed by atoms with E-state index in [1.54, 1.807) is 25.1 Å². The van der Waals surface area contributed by atoms with Gasteiger partial charge in [-0.3, -0.25) is 4.79 Å². The highest BCUT2D eigenvalue weighted by Crippen LogP contribution is 2.33. The first-order chi connectivity index (χ1) is 10.3. The maximum absolute atomic E-state index is 12.8. The fourth-order valence-electron chi connectivity index (χ4n) is 2.18. The molecule has 0 spiro atoms. The van der Waals surface area contributed by atoms with Crippen LogP contribution in [0.2, 0.25) is 0 Å². The Kier molecular flexibility index (Phi) is 4.93. The molecule has 3 nitrogen and oxygen atoms in total. The molecule has 1 aliphatic heterocycles. The standard InChI is InChI=1S/C15H16F4O3/c1-9(11(20)4-5-15(18,19)14(16)17)6-10-2-3-12-13(7-10)22-8-21-12/h2-3,7,9,14H,4-6,8H2,1H3. The molecule has 1 atom stereocenters. The van der Waals surface area contributed by atoms with Crippen molar-refractivity contribution in [2.45, 2.75) is 38.5 Å². The number of rotatable bonds is 7. The van der Waals surface area contributed by atoms with E-state index in [4.69, 9.17) is 9.47 Å². The van der Waals surface area contributed by atoms with E-state index in [-0.39, 0.29) is 6.79 Å². The summed E-state index contributed by atoms with van der Waals surface area (Å²) in [5.74, 6) is -3.93. The molecule has 22 heavy (non-hydrogen) atoms. The van der Waals surface area contributed by atoms with Crippen molar-refractivity contribution in [3.05, 3.63) is 23.8 Å². The van der Waals surface area contributed by atoms with Crippen molar-refractivity contribution in [2.24, 2.45) is 5.92 Å². The number of Topliss-reactive ketones (excluding diaryl/α,β-unsaturated/α-hetero) is 1. The van der Waals surface area contributed by atoms with Gasteiger partial charge in [0.15, 0.2) is 11.5 Å². The lowest BCUT2D eigenvalue weighted by atomic mass is 9.93. The molecule has 0 radical (unpaired) electrons. The van der Waals surface area contributed by atoms with Gasteiger partial charge in [0.05, 0.1) is 0 Å². The molecule has 0 N–H and O–H groups in total. The van der Waals surface area contributed by atoms with Gasteiger partial charge < -0.3 is 9.47 Å². The Bertz CT molecular complexity index is 546. The SMILES string of the molecule is CC(Cc1ccc2c(c1)OCO2)C(=O)CCC(F)(F)C(F)F. The van der Waals surface area contributed by atoms with Gasteiger partial charge in [-0.15, -0.1) is 0 Å². The molecule has 1 heterocycles. The number of benzene rings is 1. The van der Waals surface area contributed by atoms with Crippen LogP contribution in [0.5, 0.6) is 11.5 Å². The summed E-state index contributed by atoms with van der Waals surface area (Å²) >= 11 is 0. The minimum absolute atomic E-state index is 0.135. The van der Waals surface area contributed by atoms with Crippen molar-refractivity contribution in [3.8, 4) is 11.5 Å². The van der Waals surface area contributed by atoms with Crippen LogP contribution >= 0.6 is 0 Å². The zero-order valence-corrected chi connectivity index (χ0v) is 12.0. The second-order valence-corrected chi connectivity index (χ2v) is 5.32. The van der Waals surface area contributed by atoms with Gasteiger partial charge in [0.1, 0.15) is 5.78 Å². The molecule has 0 aromatic heterocycles. The number of carbonyl (C=O) groups is 1. The van der Waals surface area contributed by atoms with Crippen LogP contribution in [0.1, 0.15) is 25.3 Å². The third kappa shape index (κ3) is 3.90. The second kappa shape index (κ2) is 6.54. The van der Waals surface area contributed by atoms with Crippen molar-refractivity contribution >= 4 is 5.78 Å². The minimum atomic E-state index is -4.12. The summed E-state index contributed by atoms with van der Waals surface area (Å²) in [5.41, 5.74) is 0.797. The highest BCUT2D eigenvalue weighted by Gasteiger charge is 2.40. The van der Waals surface area contributed by atoms with Crippen LogP contribution in [0.4, 0.5) is 17.6 Å². The predicted octanol–water partition coefficient (Wildman–Crippen LogP) is 3.84. The molecule has 1 aromatic rings. The zero-order chi connectivity index (χ0) is 16.3. The molecule has 0 saturated heterocycles. The molecule has 1 unspecified atom stereocenters. The molecular weight excluding hydrogens is 304 g/mol. The summed E-state index contributed by atoms with van der Waals surface area (Å²) in [4.78, 5) is 11.8. The van der Waals surface area contributed by atoms with E-state index in [1.165, 1.54) is 0 Å². The van der Waals surface area contributed by atoms with Crippen LogP contribution in [0.15, 0.2) is 18.2 Å². The van der Waals surface area contributed by atoms with Crippen molar-refractivity contribution in [1.29, 1.82) is 0 Å². The summed E-state index contributed by atoms with van der Waals surface area (Å²) in [7, 11) is 0. The summed E-state index contributed by atoms with van der Waals surface area (Å²) in [5, 5.41) is 0. The monoisotopic (exact) mass is 320 g/mol. The molecule has 0 fully saturated rings. The molecule has 122 valence electrons. The van der Waals surface area contributed by atoms with Gasteiger partial charge in [0.25, 0.3) is 0 Å². The van der Waals surface area contributed by atoms with Crippen LogP contribution in [-0.4, -0.2) is 24.9 Å². The minimum Gasteiger partial charge on any atom is -0.454 e. The number of alkyl halides is 4. The fourth-order valence-corrected chi connectivity index (χ4v) is 2.18. The topological polar surface area (TPSA) is 35.5 Å². The van der Waals surface area contributed by atoms with Crippen molar-refractivity contribution in [1.82, 2.24) is 0 Å². The van der Waals surface area contributed by atoms with Crippen LogP contribution in [0.25, 0.3) is 0 Å². The quantitative estimate of drug-likeness (QED) is 0.716. The highest BCUT2D eigenvalue weighted by molar-refractivity contribution is 5.81. The predicted molar refractivity (Wildman–Crippen MR) is 70.6 cm³/mol. The molecule has 7 heteroatoms. The van der Waals surface area contributed by atoms with Gasteiger partial charge in [0, 0.05) is 18.8 Å². The van der Waals surface area contributed by atoms with Crippen LogP contribution in [0, 0.1) is 5.92 Å². The lowest BCUT2D eigenvalue weighted by Gasteiger charge is -2.16. The van der Waals surface area contributed by atoms with Crippen molar-refractivity contribution < 1.29 is 31.8 Å². The number of hydrogen-bond donors (Lipinski definition) is 0. The molecule has 0 saturated carbocycles. The normalized spacial score (nSPS) is 15.2. The molecule has 0 bridgehead atoms. The van der Waals surface area contributed by atoms with Crippen molar-refractivity contribution in [2.75, 3.05) is 6.79 Å². The Balaban J connectivity index is 1.89. The maximum atomic E-state index is 12.8. The van der Waals surface area contributed by atoms with Crippen LogP contribution in [0.3, 0.4) is 0 Å². The Labute approximate surface area is 125 Å². The molecule has 1 aromatic carbocycles. The van der Waals surface area contributed by atoms with E-state index >= 15 is 0 Å². The highest BCUT2D eigenvalue weighted by atomic mass is 19.3. The molecule has 0 aliphatic carbocycles. The fraction of sp³-hybridized carbons (Fsp3) is 0.533. The number of ether oxygens (including phenoxy) is 2. The van der Waals surface area contributed by atoms with Gasteiger partial charge in [0.2, 0.25) is 6.79 Å². The van der Waals surface area contributed by atoms with Crippen LogP contribution in [-0.2, 0) is 11.2 Å². The third-order valence-corrected chi connectivity index (χ3v) is 3.55. The van der Waals surface area contributed by atoms with Gasteiger partial charge in [-0.05, 0) is 24.1 Å². The first-order valence-electron chi connectivity index (χ1n) is 6.87. The summed E-state index contributed by atoms with van der Waals surface area (Å²) < 4.78 is 60.1. The summed E-state index contributed by atoms with van der Waals surface area (Å²) in [6.07, 6.45) is -5.11. The summed E-state index contributed by atoms with van der Waals surface area (Å²) in [6.45, 7) is 1.73. The van der Waals surface area contributed by atoms with E-state index in [0.29, 0.717) is 17.9 Å². The smallest absolute Gasteiger partial charge is 0.307 e. The van der Waals surface area contributed by atoms with E-state index < -0.39 is 36.9 Å². The first-order valence-corrected chi connectivity index (χ1v) is 6.87.